The molecule has 1 atom stereocenters. The molecular formula is C23H29N3O3S2. The van der Waals surface area contributed by atoms with E-state index in [1.165, 1.54) is 18.4 Å². The average Bonchev–Trinajstić information content (AvgIpc) is 3.09. The molecule has 0 saturated heterocycles. The molecule has 6 nitrogen and oxygen atoms in total. The van der Waals surface area contributed by atoms with Gasteiger partial charge in [0.15, 0.2) is 5.13 Å². The van der Waals surface area contributed by atoms with Crippen molar-refractivity contribution in [3.63, 3.8) is 0 Å². The molecule has 31 heavy (non-hydrogen) atoms. The second kappa shape index (κ2) is 9.28. The number of sulfonamides is 1. The Kier molecular flexibility index (Phi) is 6.91. The van der Waals surface area contributed by atoms with Crippen LogP contribution < -0.4 is 14.8 Å². The normalized spacial score (nSPS) is 12.6. The fourth-order valence-electron chi connectivity index (χ4n) is 3.00. The van der Waals surface area contributed by atoms with E-state index in [1.807, 2.05) is 32.0 Å². The van der Waals surface area contributed by atoms with Crippen LogP contribution in [0, 0.1) is 19.8 Å². The lowest BCUT2D eigenvalue weighted by Gasteiger charge is -2.16. The first kappa shape index (κ1) is 23.1. The molecule has 0 saturated carbocycles. The van der Waals surface area contributed by atoms with Crippen molar-refractivity contribution in [2.45, 2.75) is 45.6 Å². The summed E-state index contributed by atoms with van der Waals surface area (Å²) in [5.74, 6) is 0.761. The van der Waals surface area contributed by atoms with Crippen LogP contribution in [0.3, 0.4) is 0 Å². The van der Waals surface area contributed by atoms with E-state index in [1.54, 1.807) is 24.3 Å². The summed E-state index contributed by atoms with van der Waals surface area (Å²) in [5, 5.41) is 4.26. The van der Waals surface area contributed by atoms with Crippen molar-refractivity contribution in [3.8, 4) is 16.2 Å². The summed E-state index contributed by atoms with van der Waals surface area (Å²) in [6.45, 7) is 10.2. The Balaban J connectivity index is 2.00. The molecule has 166 valence electrons. The molecule has 1 unspecified atom stereocenters. The average molecular weight is 460 g/mol. The van der Waals surface area contributed by atoms with Gasteiger partial charge < -0.3 is 10.1 Å². The minimum absolute atomic E-state index is 0.0913. The predicted molar refractivity (Wildman–Crippen MR) is 129 cm³/mol. The number of para-hydroxylation sites is 1. The number of anilines is 2. The summed E-state index contributed by atoms with van der Waals surface area (Å²) in [4.78, 5) is 5.65. The zero-order valence-corrected chi connectivity index (χ0v) is 20.3. The van der Waals surface area contributed by atoms with Crippen molar-refractivity contribution in [2.75, 3.05) is 17.1 Å². The van der Waals surface area contributed by atoms with Gasteiger partial charge in [-0.2, -0.15) is 0 Å². The van der Waals surface area contributed by atoms with Gasteiger partial charge in [-0.15, -0.1) is 0 Å². The maximum absolute atomic E-state index is 13.2. The molecule has 3 aromatic rings. The Hall–Kier alpha value is -2.58. The first-order valence-electron chi connectivity index (χ1n) is 10.1. The zero-order chi connectivity index (χ0) is 22.8. The number of aryl methyl sites for hydroxylation is 2. The Morgan fingerprint density at radius 1 is 1.06 bits per heavy atom. The molecule has 0 aliphatic carbocycles. The van der Waals surface area contributed by atoms with E-state index in [2.05, 4.69) is 35.8 Å². The van der Waals surface area contributed by atoms with Crippen LogP contribution in [0.2, 0.25) is 0 Å². The highest BCUT2D eigenvalue weighted by molar-refractivity contribution is 7.92. The maximum Gasteiger partial charge on any atom is 0.265 e. The van der Waals surface area contributed by atoms with Crippen LogP contribution in [0.15, 0.2) is 47.4 Å². The Morgan fingerprint density at radius 3 is 2.42 bits per heavy atom. The predicted octanol–water partition coefficient (Wildman–Crippen LogP) is 5.69. The van der Waals surface area contributed by atoms with Gasteiger partial charge in [0.05, 0.1) is 23.4 Å². The first-order valence-corrected chi connectivity index (χ1v) is 12.4. The third-order valence-corrected chi connectivity index (χ3v) is 7.78. The molecule has 0 bridgehead atoms. The van der Waals surface area contributed by atoms with Gasteiger partial charge in [-0.3, -0.25) is 4.72 Å². The minimum Gasteiger partial charge on any atom is -0.495 e. The van der Waals surface area contributed by atoms with Crippen LogP contribution in [-0.4, -0.2) is 26.6 Å². The number of nitrogens with zero attached hydrogens (tertiary/aromatic N) is 1. The summed E-state index contributed by atoms with van der Waals surface area (Å²) in [6, 6.07) is 12.7. The number of hydrogen-bond donors (Lipinski definition) is 2. The number of hydrogen-bond acceptors (Lipinski definition) is 6. The topological polar surface area (TPSA) is 80.3 Å². The van der Waals surface area contributed by atoms with E-state index in [-0.39, 0.29) is 10.9 Å². The van der Waals surface area contributed by atoms with E-state index in [0.29, 0.717) is 17.4 Å². The number of thiazole rings is 1. The Morgan fingerprint density at radius 2 is 1.77 bits per heavy atom. The molecule has 8 heteroatoms. The first-order chi connectivity index (χ1) is 14.6. The lowest BCUT2D eigenvalue weighted by atomic mass is 10.1. The molecule has 0 fully saturated rings. The van der Waals surface area contributed by atoms with Gasteiger partial charge >= 0.3 is 0 Å². The fraction of sp³-hybridized carbons (Fsp3) is 0.348. The lowest BCUT2D eigenvalue weighted by Crippen LogP contribution is -2.21. The van der Waals surface area contributed by atoms with Gasteiger partial charge in [0.2, 0.25) is 0 Å². The summed E-state index contributed by atoms with van der Waals surface area (Å²) < 4.78 is 34.5. The number of ether oxygens (including phenoxy) is 1. The summed E-state index contributed by atoms with van der Waals surface area (Å²) in [6.07, 6.45) is 0. The SMILES string of the molecule is COc1ccc(-c2sc(NC(C)C(C)C)nc2C)cc1S(=O)(=O)Nc1ccccc1C. The van der Waals surface area contributed by atoms with Crippen LogP contribution in [0.25, 0.3) is 10.4 Å². The van der Waals surface area contributed by atoms with Crippen molar-refractivity contribution in [2.24, 2.45) is 5.92 Å². The van der Waals surface area contributed by atoms with E-state index in [0.717, 1.165) is 26.8 Å². The monoisotopic (exact) mass is 459 g/mol. The number of methoxy groups -OCH3 is 1. The minimum atomic E-state index is -3.85. The zero-order valence-electron chi connectivity index (χ0n) is 18.7. The molecule has 0 amide bonds. The quantitative estimate of drug-likeness (QED) is 0.452. The van der Waals surface area contributed by atoms with Crippen LogP contribution in [0.1, 0.15) is 32.0 Å². The van der Waals surface area contributed by atoms with Crippen molar-refractivity contribution in [1.29, 1.82) is 0 Å². The fourth-order valence-corrected chi connectivity index (χ4v) is 5.39. The number of benzene rings is 2. The Labute approximate surface area is 188 Å². The van der Waals surface area contributed by atoms with Gasteiger partial charge in [0, 0.05) is 6.04 Å². The molecule has 1 aromatic heterocycles. The summed E-state index contributed by atoms with van der Waals surface area (Å²) in [7, 11) is -2.38. The summed E-state index contributed by atoms with van der Waals surface area (Å²) >= 11 is 1.52. The van der Waals surface area contributed by atoms with E-state index in [9.17, 15) is 8.42 Å². The standard InChI is InChI=1S/C23H29N3O3S2/c1-14(2)16(4)24-23-25-17(5)22(30-23)18-11-12-20(29-6)21(13-18)31(27,28)26-19-10-8-7-9-15(19)3/h7-14,16,26H,1-6H3,(H,24,25). The number of rotatable bonds is 8. The van der Waals surface area contributed by atoms with E-state index < -0.39 is 10.0 Å². The van der Waals surface area contributed by atoms with E-state index >= 15 is 0 Å². The van der Waals surface area contributed by atoms with Gasteiger partial charge in [-0.05, 0) is 62.1 Å². The summed E-state index contributed by atoms with van der Waals surface area (Å²) in [5.41, 5.74) is 3.02. The molecule has 0 radical (unpaired) electrons. The highest BCUT2D eigenvalue weighted by atomic mass is 32.2. The van der Waals surface area contributed by atoms with Gasteiger partial charge in [0.1, 0.15) is 10.6 Å². The smallest absolute Gasteiger partial charge is 0.265 e. The lowest BCUT2D eigenvalue weighted by molar-refractivity contribution is 0.403. The van der Waals surface area contributed by atoms with Gasteiger partial charge in [0.25, 0.3) is 10.0 Å². The molecular weight excluding hydrogens is 430 g/mol. The van der Waals surface area contributed by atoms with E-state index in [4.69, 9.17) is 4.74 Å². The van der Waals surface area contributed by atoms with Crippen molar-refractivity contribution < 1.29 is 13.2 Å². The largest absolute Gasteiger partial charge is 0.495 e. The molecule has 1 heterocycles. The van der Waals surface area contributed by atoms with Crippen molar-refractivity contribution in [3.05, 3.63) is 53.7 Å². The highest BCUT2D eigenvalue weighted by Gasteiger charge is 2.23. The molecule has 2 aromatic carbocycles. The molecule has 0 spiro atoms. The molecule has 2 N–H and O–H groups in total. The van der Waals surface area contributed by atoms with Gasteiger partial charge in [-0.25, -0.2) is 13.4 Å². The van der Waals surface area contributed by atoms with Crippen LogP contribution >= 0.6 is 11.3 Å². The van der Waals surface area contributed by atoms with Crippen LogP contribution in [0.5, 0.6) is 5.75 Å². The van der Waals surface area contributed by atoms with Crippen LogP contribution in [-0.2, 0) is 10.0 Å². The van der Waals surface area contributed by atoms with Crippen LogP contribution in [0.4, 0.5) is 10.8 Å². The Bertz CT molecular complexity index is 1170. The van der Waals surface area contributed by atoms with Crippen molar-refractivity contribution >= 4 is 32.2 Å². The third kappa shape index (κ3) is 5.19. The van der Waals surface area contributed by atoms with Crippen molar-refractivity contribution in [1.82, 2.24) is 4.98 Å². The van der Waals surface area contributed by atoms with Gasteiger partial charge in [-0.1, -0.05) is 43.4 Å². The second-order valence-corrected chi connectivity index (χ2v) is 10.5. The number of aromatic nitrogens is 1. The molecule has 0 aliphatic heterocycles. The second-order valence-electron chi connectivity index (χ2n) is 7.90. The molecule has 0 aliphatic rings. The maximum atomic E-state index is 13.2. The highest BCUT2D eigenvalue weighted by Crippen LogP contribution is 2.37. The third-order valence-electron chi connectivity index (χ3n) is 5.25. The molecule has 3 rings (SSSR count). The number of nitrogens with one attached hydrogen (secondary N) is 2.